The molecule has 53 valence electrons. The Morgan fingerprint density at radius 2 is 2.30 bits per heavy atom. The molecule has 0 unspecified atom stereocenters. The van der Waals surface area contributed by atoms with E-state index < -0.39 is 0 Å². The third kappa shape index (κ3) is 1.81. The summed E-state index contributed by atoms with van der Waals surface area (Å²) >= 11 is 0. The lowest BCUT2D eigenvalue weighted by Crippen LogP contribution is -1.99. The van der Waals surface area contributed by atoms with Gasteiger partial charge in [-0.3, -0.25) is 4.98 Å². The van der Waals surface area contributed by atoms with Crippen molar-refractivity contribution in [3.05, 3.63) is 29.6 Å². The standard InChI is InChI=1S/C8H11N2/c1-7-4-3-5-8(10-7)6-9-2/h3-5H,6H2,1-2H3. The molecule has 0 N–H and O–H groups in total. The second-order valence-corrected chi connectivity index (χ2v) is 2.24. The van der Waals surface area contributed by atoms with Crippen molar-refractivity contribution in [2.24, 2.45) is 0 Å². The van der Waals surface area contributed by atoms with Gasteiger partial charge in [0.05, 0.1) is 12.2 Å². The van der Waals surface area contributed by atoms with Crippen molar-refractivity contribution in [2.75, 3.05) is 7.05 Å². The summed E-state index contributed by atoms with van der Waals surface area (Å²) in [5.74, 6) is 0. The lowest BCUT2D eigenvalue weighted by atomic mass is 10.3. The quantitative estimate of drug-likeness (QED) is 0.597. The summed E-state index contributed by atoms with van der Waals surface area (Å²) in [6.07, 6.45) is 0. The molecular formula is C8H11N2. The maximum absolute atomic E-state index is 4.27. The van der Waals surface area contributed by atoms with Crippen molar-refractivity contribution < 1.29 is 0 Å². The van der Waals surface area contributed by atoms with E-state index >= 15 is 0 Å². The maximum Gasteiger partial charge on any atom is 0.0561 e. The molecule has 2 heteroatoms. The Balaban J connectivity index is 2.75. The number of rotatable bonds is 2. The van der Waals surface area contributed by atoms with Crippen LogP contribution >= 0.6 is 0 Å². The van der Waals surface area contributed by atoms with Crippen LogP contribution in [0.1, 0.15) is 11.4 Å². The molecule has 1 rings (SSSR count). The minimum Gasteiger partial charge on any atom is -0.257 e. The van der Waals surface area contributed by atoms with Crippen molar-refractivity contribution in [3.63, 3.8) is 0 Å². The number of hydrogen-bond donors (Lipinski definition) is 0. The van der Waals surface area contributed by atoms with Gasteiger partial charge in [-0.1, -0.05) is 6.07 Å². The minimum atomic E-state index is 0.724. The zero-order chi connectivity index (χ0) is 7.40. The Bertz CT molecular complexity index is 208. The summed E-state index contributed by atoms with van der Waals surface area (Å²) in [6.45, 7) is 2.71. The van der Waals surface area contributed by atoms with E-state index in [1.807, 2.05) is 25.1 Å². The normalized spacial score (nSPS) is 9.80. The number of hydrogen-bond acceptors (Lipinski definition) is 1. The van der Waals surface area contributed by atoms with Gasteiger partial charge in [0.15, 0.2) is 0 Å². The highest BCUT2D eigenvalue weighted by Crippen LogP contribution is 1.96. The zero-order valence-electron chi connectivity index (χ0n) is 6.33. The Labute approximate surface area is 61.3 Å². The fraction of sp³-hybridized carbons (Fsp3) is 0.375. The highest BCUT2D eigenvalue weighted by molar-refractivity contribution is 5.09. The van der Waals surface area contributed by atoms with Crippen molar-refractivity contribution in [1.29, 1.82) is 0 Å². The van der Waals surface area contributed by atoms with Gasteiger partial charge in [0.2, 0.25) is 0 Å². The van der Waals surface area contributed by atoms with E-state index in [2.05, 4.69) is 10.3 Å². The Morgan fingerprint density at radius 1 is 1.50 bits per heavy atom. The fourth-order valence-corrected chi connectivity index (χ4v) is 0.850. The van der Waals surface area contributed by atoms with Crippen LogP contribution in [0.5, 0.6) is 0 Å². The van der Waals surface area contributed by atoms with Gasteiger partial charge in [0.1, 0.15) is 0 Å². The smallest absolute Gasteiger partial charge is 0.0561 e. The third-order valence-corrected chi connectivity index (χ3v) is 1.27. The van der Waals surface area contributed by atoms with E-state index in [1.165, 1.54) is 0 Å². The van der Waals surface area contributed by atoms with E-state index in [0.29, 0.717) is 0 Å². The van der Waals surface area contributed by atoms with Gasteiger partial charge in [0.25, 0.3) is 0 Å². The Morgan fingerprint density at radius 3 is 2.90 bits per heavy atom. The van der Waals surface area contributed by atoms with Crippen LogP contribution in [0.15, 0.2) is 18.2 Å². The molecule has 1 aromatic rings. The van der Waals surface area contributed by atoms with Gasteiger partial charge in [-0.2, -0.15) is 0 Å². The molecule has 0 saturated carbocycles. The monoisotopic (exact) mass is 135 g/mol. The van der Waals surface area contributed by atoms with Gasteiger partial charge >= 0.3 is 0 Å². The fourth-order valence-electron chi connectivity index (χ4n) is 0.850. The summed E-state index contributed by atoms with van der Waals surface area (Å²) in [5, 5.41) is 3.98. The first-order valence-corrected chi connectivity index (χ1v) is 3.31. The molecule has 0 atom stereocenters. The molecule has 0 aliphatic rings. The van der Waals surface area contributed by atoms with Gasteiger partial charge in [-0.15, -0.1) is 0 Å². The molecule has 10 heavy (non-hydrogen) atoms. The van der Waals surface area contributed by atoms with Crippen LogP contribution in [-0.4, -0.2) is 12.0 Å². The molecule has 0 aliphatic carbocycles. The molecular weight excluding hydrogens is 124 g/mol. The average Bonchev–Trinajstić information content (AvgIpc) is 1.88. The number of pyridine rings is 1. The Kier molecular flexibility index (Phi) is 2.40. The molecule has 1 aromatic heterocycles. The van der Waals surface area contributed by atoms with E-state index in [-0.39, 0.29) is 0 Å². The predicted molar refractivity (Wildman–Crippen MR) is 40.7 cm³/mol. The van der Waals surface area contributed by atoms with Crippen LogP contribution in [0.4, 0.5) is 0 Å². The summed E-state index contributed by atoms with van der Waals surface area (Å²) in [4.78, 5) is 4.27. The van der Waals surface area contributed by atoms with Crippen LogP contribution in [0.25, 0.3) is 0 Å². The van der Waals surface area contributed by atoms with Gasteiger partial charge in [-0.05, 0) is 19.1 Å². The number of nitrogens with zero attached hydrogens (tertiary/aromatic N) is 2. The van der Waals surface area contributed by atoms with Crippen molar-refractivity contribution >= 4 is 0 Å². The van der Waals surface area contributed by atoms with Crippen molar-refractivity contribution in [1.82, 2.24) is 10.3 Å². The number of aryl methyl sites for hydroxylation is 1. The molecule has 2 nitrogen and oxygen atoms in total. The van der Waals surface area contributed by atoms with E-state index in [9.17, 15) is 0 Å². The predicted octanol–water partition coefficient (Wildman–Crippen LogP) is 1.12. The first-order chi connectivity index (χ1) is 4.83. The Hall–Kier alpha value is -0.890. The molecule has 0 spiro atoms. The molecule has 0 bridgehead atoms. The summed E-state index contributed by atoms with van der Waals surface area (Å²) in [6, 6.07) is 5.97. The average molecular weight is 135 g/mol. The van der Waals surface area contributed by atoms with E-state index in [1.54, 1.807) is 7.05 Å². The molecule has 1 heterocycles. The van der Waals surface area contributed by atoms with Crippen molar-refractivity contribution in [2.45, 2.75) is 13.5 Å². The van der Waals surface area contributed by atoms with Crippen LogP contribution in [0.3, 0.4) is 0 Å². The first kappa shape index (κ1) is 7.22. The molecule has 0 saturated heterocycles. The molecule has 0 aliphatic heterocycles. The SMILES string of the molecule is C[N]Cc1cccc(C)n1. The van der Waals surface area contributed by atoms with Crippen LogP contribution in [0, 0.1) is 6.92 Å². The van der Waals surface area contributed by atoms with Gasteiger partial charge in [0, 0.05) is 12.7 Å². The summed E-state index contributed by atoms with van der Waals surface area (Å²) < 4.78 is 0. The second kappa shape index (κ2) is 3.32. The second-order valence-electron chi connectivity index (χ2n) is 2.24. The number of aromatic nitrogens is 1. The lowest BCUT2D eigenvalue weighted by molar-refractivity contribution is 0.771. The largest absolute Gasteiger partial charge is 0.257 e. The lowest BCUT2D eigenvalue weighted by Gasteiger charge is -1.97. The highest BCUT2D eigenvalue weighted by Gasteiger charge is 1.90. The highest BCUT2D eigenvalue weighted by atomic mass is 14.8. The van der Waals surface area contributed by atoms with Crippen LogP contribution in [-0.2, 0) is 6.54 Å². The van der Waals surface area contributed by atoms with E-state index in [4.69, 9.17) is 0 Å². The summed E-state index contributed by atoms with van der Waals surface area (Å²) in [7, 11) is 1.80. The zero-order valence-corrected chi connectivity index (χ0v) is 6.33. The molecule has 0 aromatic carbocycles. The van der Waals surface area contributed by atoms with Crippen LogP contribution in [0.2, 0.25) is 0 Å². The van der Waals surface area contributed by atoms with Gasteiger partial charge in [-0.25, -0.2) is 5.32 Å². The molecule has 1 radical (unpaired) electrons. The maximum atomic E-state index is 4.27. The first-order valence-electron chi connectivity index (χ1n) is 3.31. The van der Waals surface area contributed by atoms with E-state index in [0.717, 1.165) is 17.9 Å². The topological polar surface area (TPSA) is 27.0 Å². The minimum absolute atomic E-state index is 0.724. The summed E-state index contributed by atoms with van der Waals surface area (Å²) in [5.41, 5.74) is 2.10. The van der Waals surface area contributed by atoms with Gasteiger partial charge < -0.3 is 0 Å². The molecule has 0 amide bonds. The third-order valence-electron chi connectivity index (χ3n) is 1.27. The molecule has 0 fully saturated rings. The van der Waals surface area contributed by atoms with Crippen LogP contribution < -0.4 is 5.32 Å². The van der Waals surface area contributed by atoms with Crippen molar-refractivity contribution in [3.8, 4) is 0 Å².